The van der Waals surface area contributed by atoms with Crippen molar-refractivity contribution in [1.29, 1.82) is 0 Å². The van der Waals surface area contributed by atoms with E-state index in [1.54, 1.807) is 0 Å². The van der Waals surface area contributed by atoms with Crippen molar-refractivity contribution in [3.63, 3.8) is 0 Å². The molecule has 0 unspecified atom stereocenters. The van der Waals surface area contributed by atoms with Crippen LogP contribution < -0.4 is 15.0 Å². The van der Waals surface area contributed by atoms with Gasteiger partial charge in [0.05, 0.1) is 18.4 Å². The SMILES string of the molecule is CONc1ccc(OC2CCN(C(=O)CCN3CCC(c4ccc(Oc5ccccc5)cc4)CC3)CC2)cc1C(F)(F)F. The highest BCUT2D eigenvalue weighted by Crippen LogP contribution is 2.38. The highest BCUT2D eigenvalue weighted by molar-refractivity contribution is 5.76. The van der Waals surface area contributed by atoms with E-state index in [2.05, 4.69) is 27.4 Å². The second kappa shape index (κ2) is 14.1. The van der Waals surface area contributed by atoms with Gasteiger partial charge in [-0.2, -0.15) is 13.2 Å². The molecule has 0 aromatic heterocycles. The van der Waals surface area contributed by atoms with Gasteiger partial charge in [0.25, 0.3) is 0 Å². The van der Waals surface area contributed by atoms with Gasteiger partial charge >= 0.3 is 6.18 Å². The van der Waals surface area contributed by atoms with Crippen molar-refractivity contribution in [3.05, 3.63) is 83.9 Å². The van der Waals surface area contributed by atoms with Gasteiger partial charge < -0.3 is 19.3 Å². The molecule has 0 atom stereocenters. The maximum Gasteiger partial charge on any atom is 0.418 e. The van der Waals surface area contributed by atoms with E-state index in [1.807, 2.05) is 47.4 Å². The van der Waals surface area contributed by atoms with E-state index in [-0.39, 0.29) is 23.4 Å². The number of rotatable bonds is 10. The Hall–Kier alpha value is -3.76. The van der Waals surface area contributed by atoms with Crippen molar-refractivity contribution in [2.45, 2.75) is 50.3 Å². The molecule has 0 radical (unpaired) electrons. The average molecular weight is 598 g/mol. The Morgan fingerprint density at radius 2 is 1.51 bits per heavy atom. The number of likely N-dealkylation sites (tertiary alicyclic amines) is 2. The van der Waals surface area contributed by atoms with E-state index >= 15 is 0 Å². The van der Waals surface area contributed by atoms with Crippen molar-refractivity contribution in [3.8, 4) is 17.2 Å². The zero-order chi connectivity index (χ0) is 30.2. The molecule has 0 spiro atoms. The van der Waals surface area contributed by atoms with Crippen LogP contribution in [-0.4, -0.2) is 61.6 Å². The summed E-state index contributed by atoms with van der Waals surface area (Å²) in [5.74, 6) is 2.41. The average Bonchev–Trinajstić information content (AvgIpc) is 3.02. The molecule has 5 rings (SSSR count). The minimum absolute atomic E-state index is 0.115. The van der Waals surface area contributed by atoms with Crippen LogP contribution in [0.5, 0.6) is 17.2 Å². The molecule has 0 saturated carbocycles. The van der Waals surface area contributed by atoms with Gasteiger partial charge in [-0.1, -0.05) is 30.3 Å². The highest BCUT2D eigenvalue weighted by Gasteiger charge is 2.35. The van der Waals surface area contributed by atoms with Gasteiger partial charge in [0.15, 0.2) is 0 Å². The predicted molar refractivity (Wildman–Crippen MR) is 158 cm³/mol. The summed E-state index contributed by atoms with van der Waals surface area (Å²) < 4.78 is 52.1. The third-order valence-corrected chi connectivity index (χ3v) is 8.17. The smallest absolute Gasteiger partial charge is 0.418 e. The highest BCUT2D eigenvalue weighted by atomic mass is 19.4. The van der Waals surface area contributed by atoms with E-state index < -0.39 is 11.7 Å². The first-order valence-corrected chi connectivity index (χ1v) is 14.8. The third kappa shape index (κ3) is 8.42. The van der Waals surface area contributed by atoms with Crippen molar-refractivity contribution in [2.24, 2.45) is 0 Å². The summed E-state index contributed by atoms with van der Waals surface area (Å²) in [5, 5.41) is 0. The Morgan fingerprint density at radius 1 is 0.860 bits per heavy atom. The number of amides is 1. The number of alkyl halides is 3. The molecule has 2 aliphatic rings. The summed E-state index contributed by atoms with van der Waals surface area (Å²) in [5.41, 5.74) is 2.55. The predicted octanol–water partition coefficient (Wildman–Crippen LogP) is 7.11. The lowest BCUT2D eigenvalue weighted by atomic mass is 9.89. The van der Waals surface area contributed by atoms with E-state index in [0.717, 1.165) is 50.0 Å². The van der Waals surface area contributed by atoms with Gasteiger partial charge in [0.1, 0.15) is 23.4 Å². The molecule has 2 saturated heterocycles. The summed E-state index contributed by atoms with van der Waals surface area (Å²) in [7, 11) is 1.26. The number of halogens is 3. The van der Waals surface area contributed by atoms with Crippen LogP contribution in [0.2, 0.25) is 0 Å². The maximum absolute atomic E-state index is 13.4. The first-order chi connectivity index (χ1) is 20.8. The van der Waals surface area contributed by atoms with Crippen LogP contribution in [0.25, 0.3) is 0 Å². The number of carbonyl (C=O) groups excluding carboxylic acids is 1. The van der Waals surface area contributed by atoms with Gasteiger partial charge in [-0.3, -0.25) is 15.1 Å². The second-order valence-corrected chi connectivity index (χ2v) is 11.1. The number of piperidine rings is 2. The Bertz CT molecular complexity index is 1320. The number of nitrogens with zero attached hydrogens (tertiary/aromatic N) is 2. The van der Waals surface area contributed by atoms with Crippen molar-refractivity contribution in [1.82, 2.24) is 9.80 Å². The molecule has 3 aromatic carbocycles. The quantitative estimate of drug-likeness (QED) is 0.252. The summed E-state index contributed by atoms with van der Waals surface area (Å²) >= 11 is 0. The molecule has 1 amide bonds. The van der Waals surface area contributed by atoms with Crippen LogP contribution in [0.15, 0.2) is 72.8 Å². The molecule has 2 aliphatic heterocycles. The number of para-hydroxylation sites is 1. The van der Waals surface area contributed by atoms with E-state index in [4.69, 9.17) is 9.47 Å². The Balaban J connectivity index is 1.02. The number of hydrogen-bond acceptors (Lipinski definition) is 6. The van der Waals surface area contributed by atoms with Crippen LogP contribution >= 0.6 is 0 Å². The Morgan fingerprint density at radius 3 is 2.16 bits per heavy atom. The lowest BCUT2D eigenvalue weighted by Crippen LogP contribution is -2.43. The number of hydrogen-bond donors (Lipinski definition) is 1. The lowest BCUT2D eigenvalue weighted by molar-refractivity contribution is -0.137. The molecule has 10 heteroatoms. The van der Waals surface area contributed by atoms with Crippen LogP contribution in [0.3, 0.4) is 0 Å². The minimum Gasteiger partial charge on any atom is -0.490 e. The summed E-state index contributed by atoms with van der Waals surface area (Å²) in [6.07, 6.45) is -1.08. The number of nitrogens with one attached hydrogen (secondary N) is 1. The topological polar surface area (TPSA) is 63.3 Å². The molecule has 230 valence electrons. The number of carbonyl (C=O) groups is 1. The van der Waals surface area contributed by atoms with Crippen molar-refractivity contribution >= 4 is 11.6 Å². The largest absolute Gasteiger partial charge is 0.490 e. The summed E-state index contributed by atoms with van der Waals surface area (Å²) in [6, 6.07) is 21.9. The fourth-order valence-electron chi connectivity index (χ4n) is 5.78. The van der Waals surface area contributed by atoms with Crippen LogP contribution in [-0.2, 0) is 15.8 Å². The van der Waals surface area contributed by atoms with Gasteiger partial charge in [-0.05, 0) is 79.9 Å². The number of anilines is 1. The first-order valence-electron chi connectivity index (χ1n) is 14.8. The second-order valence-electron chi connectivity index (χ2n) is 11.1. The molecular weight excluding hydrogens is 559 g/mol. The molecule has 0 aliphatic carbocycles. The summed E-state index contributed by atoms with van der Waals surface area (Å²) in [6.45, 7) is 3.70. The minimum atomic E-state index is -4.55. The van der Waals surface area contributed by atoms with E-state index in [1.165, 1.54) is 24.8 Å². The zero-order valence-electron chi connectivity index (χ0n) is 24.3. The van der Waals surface area contributed by atoms with Crippen molar-refractivity contribution in [2.75, 3.05) is 45.3 Å². The fraction of sp³-hybridized carbons (Fsp3) is 0.424. The molecule has 3 aromatic rings. The normalized spacial score (nSPS) is 17.1. The molecule has 43 heavy (non-hydrogen) atoms. The number of benzene rings is 3. The fourth-order valence-corrected chi connectivity index (χ4v) is 5.78. The molecule has 2 heterocycles. The first kappa shape index (κ1) is 30.7. The Labute approximate surface area is 250 Å². The lowest BCUT2D eigenvalue weighted by Gasteiger charge is -2.34. The van der Waals surface area contributed by atoms with Gasteiger partial charge in [-0.15, -0.1) is 0 Å². The zero-order valence-corrected chi connectivity index (χ0v) is 24.3. The maximum atomic E-state index is 13.4. The molecule has 7 nitrogen and oxygen atoms in total. The molecular formula is C33H38F3N3O4. The number of ether oxygens (including phenoxy) is 2. The van der Waals surface area contributed by atoms with Gasteiger partial charge in [0, 0.05) is 38.9 Å². The molecule has 2 fully saturated rings. The third-order valence-electron chi connectivity index (χ3n) is 8.17. The van der Waals surface area contributed by atoms with E-state index in [9.17, 15) is 18.0 Å². The standard InChI is InChI=1S/C33H38F3N3O4/c1-41-37-31-12-11-29(23-30(31)33(34,35)36)43-28-15-21-39(22-16-28)32(40)17-20-38-18-13-25(14-19-38)24-7-9-27(10-8-24)42-26-5-3-2-4-6-26/h2-12,23,25,28,37H,13-22H2,1H3. The van der Waals surface area contributed by atoms with Crippen LogP contribution in [0.4, 0.5) is 18.9 Å². The van der Waals surface area contributed by atoms with Gasteiger partial charge in [-0.25, -0.2) is 0 Å². The molecule has 0 bridgehead atoms. The summed E-state index contributed by atoms with van der Waals surface area (Å²) in [4.78, 5) is 21.8. The van der Waals surface area contributed by atoms with Crippen molar-refractivity contribution < 1.29 is 32.3 Å². The molecule has 1 N–H and O–H groups in total. The van der Waals surface area contributed by atoms with Crippen LogP contribution in [0, 0.1) is 0 Å². The van der Waals surface area contributed by atoms with Crippen LogP contribution in [0.1, 0.15) is 49.1 Å². The van der Waals surface area contributed by atoms with E-state index in [0.29, 0.717) is 38.3 Å². The Kier molecular flexibility index (Phi) is 10.1. The monoisotopic (exact) mass is 597 g/mol. The van der Waals surface area contributed by atoms with Gasteiger partial charge in [0.2, 0.25) is 5.91 Å².